The van der Waals surface area contributed by atoms with E-state index in [1.54, 1.807) is 18.2 Å². The molecule has 0 amide bonds. The summed E-state index contributed by atoms with van der Waals surface area (Å²) in [5.74, 6) is -0.462. The van der Waals surface area contributed by atoms with Crippen LogP contribution in [-0.2, 0) is 0 Å². The molecule has 2 heteroatoms. The number of rotatable bonds is 1. The Morgan fingerprint density at radius 3 is 3.00 bits per heavy atom. The Balaban J connectivity index is 2.95. The summed E-state index contributed by atoms with van der Waals surface area (Å²) in [7, 11) is 0. The van der Waals surface area contributed by atoms with Crippen LogP contribution >= 0.6 is 0 Å². The van der Waals surface area contributed by atoms with Crippen molar-refractivity contribution in [1.82, 2.24) is 4.98 Å². The first kappa shape index (κ1) is 6.93. The maximum atomic E-state index is 12.3. The van der Waals surface area contributed by atoms with Crippen molar-refractivity contribution in [2.24, 2.45) is 0 Å². The van der Waals surface area contributed by atoms with Crippen molar-refractivity contribution in [3.63, 3.8) is 0 Å². The maximum absolute atomic E-state index is 12.3. The van der Waals surface area contributed by atoms with Crippen LogP contribution in [0.5, 0.6) is 0 Å². The van der Waals surface area contributed by atoms with Gasteiger partial charge in [0.15, 0.2) is 0 Å². The molecule has 0 saturated heterocycles. The Morgan fingerprint density at radius 1 is 1.60 bits per heavy atom. The summed E-state index contributed by atoms with van der Waals surface area (Å²) in [5.41, 5.74) is 0.780. The van der Waals surface area contributed by atoms with Gasteiger partial charge in [0, 0.05) is 12.3 Å². The lowest BCUT2D eigenvalue weighted by molar-refractivity contribution is 0.583. The highest BCUT2D eigenvalue weighted by molar-refractivity contribution is 5.48. The van der Waals surface area contributed by atoms with E-state index in [4.69, 9.17) is 0 Å². The molecule has 1 radical (unpaired) electrons. The van der Waals surface area contributed by atoms with Crippen molar-refractivity contribution in [3.8, 4) is 0 Å². The number of nitrogens with zero attached hydrogens (tertiary/aromatic N) is 1. The summed E-state index contributed by atoms with van der Waals surface area (Å²) in [5, 5.41) is 0. The van der Waals surface area contributed by atoms with Gasteiger partial charge in [-0.15, -0.1) is 0 Å². The first-order valence-corrected chi connectivity index (χ1v) is 2.90. The largest absolute Gasteiger partial charge is 0.228 e. The van der Waals surface area contributed by atoms with E-state index in [0.717, 1.165) is 5.56 Å². The van der Waals surface area contributed by atoms with Crippen LogP contribution in [0.1, 0.15) is 5.56 Å². The molecular formula is C8H7FN. The molecule has 0 N–H and O–H groups in total. The maximum Gasteiger partial charge on any atom is 0.213 e. The summed E-state index contributed by atoms with van der Waals surface area (Å²) < 4.78 is 12.3. The lowest BCUT2D eigenvalue weighted by atomic mass is 10.2. The number of aromatic nitrogens is 1. The average molecular weight is 136 g/mol. The van der Waals surface area contributed by atoms with Crippen LogP contribution < -0.4 is 0 Å². The fraction of sp³-hybridized carbons (Fsp3) is 0. The Labute approximate surface area is 59.2 Å². The van der Waals surface area contributed by atoms with Gasteiger partial charge in [0.05, 0.1) is 0 Å². The highest BCUT2D eigenvalue weighted by atomic mass is 19.1. The number of hydrogen-bond donors (Lipinski definition) is 0. The lowest BCUT2D eigenvalue weighted by Gasteiger charge is -1.89. The number of pyridine rings is 1. The van der Waals surface area contributed by atoms with Crippen LogP contribution in [0.25, 0.3) is 6.08 Å². The van der Waals surface area contributed by atoms with Gasteiger partial charge >= 0.3 is 0 Å². The molecule has 0 unspecified atom stereocenters. The van der Waals surface area contributed by atoms with E-state index in [-0.39, 0.29) is 0 Å². The third-order valence-corrected chi connectivity index (χ3v) is 1.06. The summed E-state index contributed by atoms with van der Waals surface area (Å²) in [4.78, 5) is 3.40. The minimum atomic E-state index is -0.462. The quantitative estimate of drug-likeness (QED) is 0.538. The standard InChI is InChI=1S/C8H7FN/c1-2-3-7-4-5-10-8(9)6-7/h2-6H,1H2. The summed E-state index contributed by atoms with van der Waals surface area (Å²) in [6.45, 7) is 3.49. The Hall–Kier alpha value is -1.18. The molecule has 0 spiro atoms. The number of allylic oxidation sites excluding steroid dienone is 1. The first-order chi connectivity index (χ1) is 4.83. The summed E-state index contributed by atoms with van der Waals surface area (Å²) >= 11 is 0. The van der Waals surface area contributed by atoms with E-state index in [1.807, 2.05) is 0 Å². The van der Waals surface area contributed by atoms with E-state index < -0.39 is 5.95 Å². The molecule has 1 rings (SSSR count). The van der Waals surface area contributed by atoms with Gasteiger partial charge in [-0.3, -0.25) is 0 Å². The lowest BCUT2D eigenvalue weighted by Crippen LogP contribution is -1.80. The molecule has 0 bridgehead atoms. The molecular weight excluding hydrogens is 129 g/mol. The smallest absolute Gasteiger partial charge is 0.213 e. The Morgan fingerprint density at radius 2 is 2.40 bits per heavy atom. The van der Waals surface area contributed by atoms with Crippen LogP contribution in [0.3, 0.4) is 0 Å². The van der Waals surface area contributed by atoms with Gasteiger partial charge in [0.25, 0.3) is 0 Å². The van der Waals surface area contributed by atoms with Crippen molar-refractivity contribution in [2.45, 2.75) is 0 Å². The van der Waals surface area contributed by atoms with E-state index in [9.17, 15) is 4.39 Å². The van der Waals surface area contributed by atoms with Crippen molar-refractivity contribution >= 4 is 6.08 Å². The van der Waals surface area contributed by atoms with Gasteiger partial charge in [0.1, 0.15) is 0 Å². The van der Waals surface area contributed by atoms with E-state index >= 15 is 0 Å². The second-order valence-corrected chi connectivity index (χ2v) is 1.81. The van der Waals surface area contributed by atoms with E-state index in [1.165, 1.54) is 12.3 Å². The molecule has 1 aromatic heterocycles. The minimum absolute atomic E-state index is 0.462. The number of hydrogen-bond acceptors (Lipinski definition) is 1. The Bertz CT molecular complexity index is 243. The monoisotopic (exact) mass is 136 g/mol. The van der Waals surface area contributed by atoms with E-state index in [2.05, 4.69) is 11.9 Å². The second kappa shape index (κ2) is 3.11. The van der Waals surface area contributed by atoms with Gasteiger partial charge in [0.2, 0.25) is 5.95 Å². The second-order valence-electron chi connectivity index (χ2n) is 1.81. The van der Waals surface area contributed by atoms with Gasteiger partial charge in [-0.1, -0.05) is 12.2 Å². The first-order valence-electron chi connectivity index (χ1n) is 2.90. The minimum Gasteiger partial charge on any atom is -0.228 e. The molecule has 1 heterocycles. The van der Waals surface area contributed by atoms with Crippen molar-refractivity contribution in [3.05, 3.63) is 42.8 Å². The van der Waals surface area contributed by atoms with Crippen molar-refractivity contribution < 1.29 is 4.39 Å². The zero-order valence-electron chi connectivity index (χ0n) is 5.42. The van der Waals surface area contributed by atoms with Crippen molar-refractivity contribution in [2.75, 3.05) is 0 Å². The highest BCUT2D eigenvalue weighted by Crippen LogP contribution is 2.01. The fourth-order valence-electron chi connectivity index (χ4n) is 0.657. The molecule has 0 fully saturated rings. The fourth-order valence-corrected chi connectivity index (χ4v) is 0.657. The van der Waals surface area contributed by atoms with Gasteiger partial charge in [-0.25, -0.2) is 4.98 Å². The van der Waals surface area contributed by atoms with E-state index in [0.29, 0.717) is 0 Å². The van der Waals surface area contributed by atoms with Crippen LogP contribution in [0, 0.1) is 12.9 Å². The molecule has 0 saturated carbocycles. The molecule has 10 heavy (non-hydrogen) atoms. The average Bonchev–Trinajstić information content (AvgIpc) is 1.88. The number of halogens is 1. The zero-order chi connectivity index (χ0) is 7.40. The Kier molecular flexibility index (Phi) is 2.15. The predicted molar refractivity (Wildman–Crippen MR) is 38.6 cm³/mol. The van der Waals surface area contributed by atoms with Crippen LogP contribution in [0.2, 0.25) is 0 Å². The highest BCUT2D eigenvalue weighted by Gasteiger charge is 1.89. The van der Waals surface area contributed by atoms with Gasteiger partial charge in [-0.05, 0) is 18.6 Å². The molecule has 0 atom stereocenters. The molecule has 51 valence electrons. The predicted octanol–water partition coefficient (Wildman–Crippen LogP) is 2.07. The van der Waals surface area contributed by atoms with Crippen LogP contribution in [0.15, 0.2) is 24.4 Å². The van der Waals surface area contributed by atoms with Crippen LogP contribution in [0.4, 0.5) is 4.39 Å². The van der Waals surface area contributed by atoms with Crippen molar-refractivity contribution in [1.29, 1.82) is 0 Å². The molecule has 0 aliphatic heterocycles. The third-order valence-electron chi connectivity index (χ3n) is 1.06. The summed E-state index contributed by atoms with van der Waals surface area (Å²) in [6.07, 6.45) is 4.74. The SMILES string of the molecule is [CH2]C=Cc1ccnc(F)c1. The van der Waals surface area contributed by atoms with Crippen LogP contribution in [-0.4, -0.2) is 4.98 Å². The molecule has 1 aromatic rings. The molecule has 1 nitrogen and oxygen atoms in total. The normalized spacial score (nSPS) is 10.6. The molecule has 0 aliphatic rings. The van der Waals surface area contributed by atoms with Gasteiger partial charge < -0.3 is 0 Å². The molecule has 0 aromatic carbocycles. The zero-order valence-corrected chi connectivity index (χ0v) is 5.42. The van der Waals surface area contributed by atoms with Gasteiger partial charge in [-0.2, -0.15) is 4.39 Å². The molecule has 0 aliphatic carbocycles. The summed E-state index contributed by atoms with van der Waals surface area (Å²) in [6, 6.07) is 3.06. The third kappa shape index (κ3) is 1.65. The topological polar surface area (TPSA) is 12.9 Å².